The van der Waals surface area contributed by atoms with Crippen molar-refractivity contribution in [2.24, 2.45) is 12.8 Å². The van der Waals surface area contributed by atoms with Gasteiger partial charge in [0.2, 0.25) is 0 Å². The number of benzene rings is 1. The van der Waals surface area contributed by atoms with Gasteiger partial charge in [-0.3, -0.25) is 10.1 Å². The molecule has 0 radical (unpaired) electrons. The Morgan fingerprint density at radius 2 is 2.17 bits per heavy atom. The number of aryl methyl sites for hydroxylation is 2. The number of nitrogens with two attached hydrogens (primary N) is 1. The van der Waals surface area contributed by atoms with E-state index in [0.717, 1.165) is 11.4 Å². The lowest BCUT2D eigenvalue weighted by molar-refractivity contribution is 0.294. The highest BCUT2D eigenvalue weighted by atomic mass is 16.5. The van der Waals surface area contributed by atoms with E-state index in [-0.39, 0.29) is 5.84 Å². The van der Waals surface area contributed by atoms with Gasteiger partial charge in [0.15, 0.2) is 0 Å². The van der Waals surface area contributed by atoms with E-state index in [2.05, 4.69) is 5.10 Å². The van der Waals surface area contributed by atoms with Gasteiger partial charge in [0.25, 0.3) is 0 Å². The molecule has 5 nitrogen and oxygen atoms in total. The first-order valence-electron chi connectivity index (χ1n) is 5.63. The van der Waals surface area contributed by atoms with Crippen LogP contribution < -0.4 is 10.5 Å². The van der Waals surface area contributed by atoms with Crippen LogP contribution in [0.4, 0.5) is 0 Å². The molecule has 1 heterocycles. The zero-order chi connectivity index (χ0) is 13.1. The number of amidine groups is 1. The molecule has 0 fully saturated rings. The summed E-state index contributed by atoms with van der Waals surface area (Å²) in [6, 6.07) is 9.23. The minimum Gasteiger partial charge on any atom is -0.487 e. The largest absolute Gasteiger partial charge is 0.487 e. The van der Waals surface area contributed by atoms with Gasteiger partial charge in [-0.1, -0.05) is 12.1 Å². The minimum atomic E-state index is 0.00628. The topological polar surface area (TPSA) is 76.9 Å². The molecule has 0 atom stereocenters. The smallest absolute Gasteiger partial charge is 0.130 e. The maximum absolute atomic E-state index is 7.49. The van der Waals surface area contributed by atoms with E-state index in [1.807, 2.05) is 32.2 Å². The van der Waals surface area contributed by atoms with Crippen LogP contribution in [0.15, 0.2) is 30.3 Å². The fourth-order valence-corrected chi connectivity index (χ4v) is 1.77. The monoisotopic (exact) mass is 244 g/mol. The second kappa shape index (κ2) is 4.91. The second-order valence-electron chi connectivity index (χ2n) is 4.10. The van der Waals surface area contributed by atoms with Gasteiger partial charge < -0.3 is 10.5 Å². The number of nitrogen functional groups attached to an aromatic ring is 1. The quantitative estimate of drug-likeness (QED) is 0.633. The standard InChI is InChI=1S/C13H16N4O/c1-9-7-10(17(2)16-9)8-18-12-6-4-3-5-11(12)13(14)15/h3-7H,8H2,1-2H3,(H3,14,15). The Morgan fingerprint density at radius 3 is 2.78 bits per heavy atom. The Bertz CT molecular complexity index is 574. The number of nitrogens with zero attached hydrogens (tertiary/aromatic N) is 2. The Hall–Kier alpha value is -2.30. The van der Waals surface area contributed by atoms with Crippen molar-refractivity contribution < 1.29 is 4.74 Å². The van der Waals surface area contributed by atoms with Gasteiger partial charge >= 0.3 is 0 Å². The average Bonchev–Trinajstić information content (AvgIpc) is 2.65. The predicted molar refractivity (Wildman–Crippen MR) is 69.7 cm³/mol. The van der Waals surface area contributed by atoms with Crippen LogP contribution in [0.3, 0.4) is 0 Å². The van der Waals surface area contributed by atoms with Crippen LogP contribution in [-0.2, 0) is 13.7 Å². The molecular weight excluding hydrogens is 228 g/mol. The summed E-state index contributed by atoms with van der Waals surface area (Å²) >= 11 is 0. The van der Waals surface area contributed by atoms with Crippen LogP contribution in [0.2, 0.25) is 0 Å². The maximum Gasteiger partial charge on any atom is 0.130 e. The van der Waals surface area contributed by atoms with Gasteiger partial charge in [-0.15, -0.1) is 0 Å². The molecule has 1 aromatic heterocycles. The maximum atomic E-state index is 7.49. The molecule has 0 bridgehead atoms. The fraction of sp³-hybridized carbons (Fsp3) is 0.231. The van der Waals surface area contributed by atoms with Crippen molar-refractivity contribution in [1.82, 2.24) is 9.78 Å². The summed E-state index contributed by atoms with van der Waals surface area (Å²) in [5, 5.41) is 11.7. The van der Waals surface area contributed by atoms with Crippen molar-refractivity contribution in [3.05, 3.63) is 47.3 Å². The zero-order valence-electron chi connectivity index (χ0n) is 10.5. The van der Waals surface area contributed by atoms with E-state index in [0.29, 0.717) is 17.9 Å². The third kappa shape index (κ3) is 2.51. The van der Waals surface area contributed by atoms with Gasteiger partial charge in [0.1, 0.15) is 18.2 Å². The van der Waals surface area contributed by atoms with Crippen LogP contribution in [0, 0.1) is 12.3 Å². The highest BCUT2D eigenvalue weighted by Crippen LogP contribution is 2.18. The van der Waals surface area contributed by atoms with Crippen molar-refractivity contribution in [2.75, 3.05) is 0 Å². The van der Waals surface area contributed by atoms with E-state index < -0.39 is 0 Å². The number of hydrogen-bond acceptors (Lipinski definition) is 3. The molecule has 0 amide bonds. The van der Waals surface area contributed by atoms with Crippen LogP contribution in [-0.4, -0.2) is 15.6 Å². The molecule has 5 heteroatoms. The molecule has 0 saturated carbocycles. The molecule has 0 aliphatic rings. The third-order valence-corrected chi connectivity index (χ3v) is 2.65. The van der Waals surface area contributed by atoms with Crippen LogP contribution in [0.25, 0.3) is 0 Å². The number of ether oxygens (including phenoxy) is 1. The van der Waals surface area contributed by atoms with Crippen molar-refractivity contribution in [3.8, 4) is 5.75 Å². The minimum absolute atomic E-state index is 0.00628. The second-order valence-corrected chi connectivity index (χ2v) is 4.10. The molecule has 1 aromatic carbocycles. The fourth-order valence-electron chi connectivity index (χ4n) is 1.77. The first-order chi connectivity index (χ1) is 8.58. The number of para-hydroxylation sites is 1. The highest BCUT2D eigenvalue weighted by Gasteiger charge is 2.07. The molecule has 2 aromatic rings. The lowest BCUT2D eigenvalue weighted by Gasteiger charge is -2.10. The normalized spacial score (nSPS) is 10.3. The summed E-state index contributed by atoms with van der Waals surface area (Å²) in [7, 11) is 1.88. The molecule has 0 aliphatic carbocycles. The summed E-state index contributed by atoms with van der Waals surface area (Å²) in [6.07, 6.45) is 0. The van der Waals surface area contributed by atoms with Crippen molar-refractivity contribution in [2.45, 2.75) is 13.5 Å². The Balaban J connectivity index is 2.15. The number of nitrogens with one attached hydrogen (secondary N) is 1. The van der Waals surface area contributed by atoms with E-state index in [9.17, 15) is 0 Å². The molecule has 2 rings (SSSR count). The summed E-state index contributed by atoms with van der Waals surface area (Å²) in [5.41, 5.74) is 8.04. The molecule has 0 aliphatic heterocycles. The zero-order valence-corrected chi connectivity index (χ0v) is 10.5. The summed E-state index contributed by atoms with van der Waals surface area (Å²) < 4.78 is 7.48. The van der Waals surface area contributed by atoms with Crippen LogP contribution >= 0.6 is 0 Å². The molecule has 0 saturated heterocycles. The molecular formula is C13H16N4O. The Morgan fingerprint density at radius 1 is 1.44 bits per heavy atom. The van der Waals surface area contributed by atoms with Crippen molar-refractivity contribution >= 4 is 5.84 Å². The van der Waals surface area contributed by atoms with Gasteiger partial charge in [-0.25, -0.2) is 0 Å². The van der Waals surface area contributed by atoms with Crippen molar-refractivity contribution in [3.63, 3.8) is 0 Å². The summed E-state index contributed by atoms with van der Waals surface area (Å²) in [6.45, 7) is 2.34. The van der Waals surface area contributed by atoms with Crippen LogP contribution in [0.1, 0.15) is 17.0 Å². The average molecular weight is 244 g/mol. The Kier molecular flexibility index (Phi) is 3.32. The van der Waals surface area contributed by atoms with E-state index >= 15 is 0 Å². The van der Waals surface area contributed by atoms with E-state index in [1.165, 1.54) is 0 Å². The molecule has 3 N–H and O–H groups in total. The van der Waals surface area contributed by atoms with Crippen LogP contribution in [0.5, 0.6) is 5.75 Å². The van der Waals surface area contributed by atoms with E-state index in [4.69, 9.17) is 15.9 Å². The third-order valence-electron chi connectivity index (χ3n) is 2.65. The molecule has 18 heavy (non-hydrogen) atoms. The molecule has 0 unspecified atom stereocenters. The SMILES string of the molecule is Cc1cc(COc2ccccc2C(=N)N)n(C)n1. The molecule has 94 valence electrons. The first kappa shape index (κ1) is 12.2. The summed E-state index contributed by atoms with van der Waals surface area (Å²) in [5.74, 6) is 0.621. The van der Waals surface area contributed by atoms with Gasteiger partial charge in [0.05, 0.1) is 17.0 Å². The van der Waals surface area contributed by atoms with Gasteiger partial charge in [-0.05, 0) is 25.1 Å². The molecule has 0 spiro atoms. The lowest BCUT2D eigenvalue weighted by atomic mass is 10.2. The van der Waals surface area contributed by atoms with Crippen molar-refractivity contribution in [1.29, 1.82) is 5.41 Å². The predicted octanol–water partition coefficient (Wildman–Crippen LogP) is 1.59. The highest BCUT2D eigenvalue weighted by molar-refractivity contribution is 5.97. The number of rotatable bonds is 4. The first-order valence-corrected chi connectivity index (χ1v) is 5.63. The Labute approximate surface area is 106 Å². The van der Waals surface area contributed by atoms with E-state index in [1.54, 1.807) is 16.8 Å². The number of hydrogen-bond donors (Lipinski definition) is 2. The summed E-state index contributed by atoms with van der Waals surface area (Å²) in [4.78, 5) is 0. The van der Waals surface area contributed by atoms with Gasteiger partial charge in [0, 0.05) is 7.05 Å². The number of aromatic nitrogens is 2. The van der Waals surface area contributed by atoms with Gasteiger partial charge in [-0.2, -0.15) is 5.10 Å². The lowest BCUT2D eigenvalue weighted by Crippen LogP contribution is -2.13.